The Balaban J connectivity index is 1.49. The van der Waals surface area contributed by atoms with Crippen LogP contribution in [0.1, 0.15) is 16.7 Å². The van der Waals surface area contributed by atoms with Crippen molar-refractivity contribution in [2.24, 2.45) is 0 Å². The van der Waals surface area contributed by atoms with Gasteiger partial charge in [-0.05, 0) is 16.7 Å². The summed E-state index contributed by atoms with van der Waals surface area (Å²) in [5, 5.41) is 0. The molecule has 3 aromatic carbocycles. The van der Waals surface area contributed by atoms with Crippen LogP contribution in [0.25, 0.3) is 0 Å². The summed E-state index contributed by atoms with van der Waals surface area (Å²) in [6.07, 6.45) is -1.14. The molecule has 0 aliphatic carbocycles. The maximum absolute atomic E-state index is 12.1. The van der Waals surface area contributed by atoms with Gasteiger partial charge >= 0.3 is 0 Å². The van der Waals surface area contributed by atoms with Crippen LogP contribution in [0.3, 0.4) is 0 Å². The number of benzene rings is 3. The highest BCUT2D eigenvalue weighted by Gasteiger charge is 2.43. The van der Waals surface area contributed by atoms with Crippen LogP contribution >= 0.6 is 0 Å². The molecule has 4 rings (SSSR count). The molecular weight excluding hydrogens is 404 g/mol. The summed E-state index contributed by atoms with van der Waals surface area (Å²) in [5.74, 6) is 0. The highest BCUT2D eigenvalue weighted by atomic mass is 16.6. The van der Waals surface area contributed by atoms with E-state index < -0.39 is 18.3 Å². The van der Waals surface area contributed by atoms with Crippen molar-refractivity contribution in [2.75, 3.05) is 6.61 Å². The Morgan fingerprint density at radius 2 is 1.16 bits per heavy atom. The van der Waals surface area contributed by atoms with E-state index in [4.69, 9.17) is 18.9 Å². The van der Waals surface area contributed by atoms with Crippen molar-refractivity contribution < 1.29 is 23.7 Å². The maximum Gasteiger partial charge on any atom is 0.151 e. The fourth-order valence-corrected chi connectivity index (χ4v) is 3.55. The minimum Gasteiger partial charge on any atom is -0.370 e. The van der Waals surface area contributed by atoms with Crippen LogP contribution in [-0.2, 0) is 43.6 Å². The lowest BCUT2D eigenvalue weighted by molar-refractivity contribution is -0.162. The lowest BCUT2D eigenvalue weighted by Crippen LogP contribution is -2.46. The lowest BCUT2D eigenvalue weighted by Gasteiger charge is -2.30. The SMILES string of the molecule is O=C[C@H](OCc1ccccc1)[C@@H](OCc1ccccc1)[C@H](OCc1ccccc1)[C@H]1CO1. The first-order valence-electron chi connectivity index (χ1n) is 10.9. The molecule has 0 aromatic heterocycles. The lowest BCUT2D eigenvalue weighted by atomic mass is 10.0. The maximum atomic E-state index is 12.1. The average Bonchev–Trinajstić information content (AvgIpc) is 3.70. The van der Waals surface area contributed by atoms with Gasteiger partial charge in [0.15, 0.2) is 6.29 Å². The summed E-state index contributed by atoms with van der Waals surface area (Å²) in [6, 6.07) is 29.6. The third-order valence-corrected chi connectivity index (χ3v) is 5.36. The van der Waals surface area contributed by atoms with Gasteiger partial charge in [0.1, 0.15) is 24.4 Å². The van der Waals surface area contributed by atoms with Crippen molar-refractivity contribution >= 4 is 6.29 Å². The molecular formula is C27H28O5. The third kappa shape index (κ3) is 6.58. The second-order valence-electron chi connectivity index (χ2n) is 7.79. The Bertz CT molecular complexity index is 928. The topological polar surface area (TPSA) is 57.3 Å². The van der Waals surface area contributed by atoms with Gasteiger partial charge in [-0.25, -0.2) is 0 Å². The number of carbonyl (C=O) groups excluding carboxylic acids is 1. The minimum absolute atomic E-state index is 0.123. The van der Waals surface area contributed by atoms with Gasteiger partial charge in [-0.2, -0.15) is 0 Å². The predicted octanol–water partition coefficient (Wildman–Crippen LogP) is 4.34. The van der Waals surface area contributed by atoms with Gasteiger partial charge in [0, 0.05) is 0 Å². The van der Waals surface area contributed by atoms with E-state index in [1.54, 1.807) is 0 Å². The fourth-order valence-electron chi connectivity index (χ4n) is 3.55. The normalized spacial score (nSPS) is 17.9. The van der Waals surface area contributed by atoms with Crippen molar-refractivity contribution in [1.29, 1.82) is 0 Å². The molecule has 32 heavy (non-hydrogen) atoms. The molecule has 0 N–H and O–H groups in total. The molecule has 1 fully saturated rings. The number of ether oxygens (including phenoxy) is 4. The summed E-state index contributed by atoms with van der Waals surface area (Å²) in [7, 11) is 0. The fraction of sp³-hybridized carbons (Fsp3) is 0.296. The predicted molar refractivity (Wildman–Crippen MR) is 121 cm³/mol. The molecule has 0 unspecified atom stereocenters. The Labute approximate surface area is 188 Å². The number of carbonyl (C=O) groups is 1. The number of hydrogen-bond donors (Lipinski definition) is 0. The van der Waals surface area contributed by atoms with E-state index in [1.165, 1.54) is 0 Å². The first-order chi connectivity index (χ1) is 15.8. The monoisotopic (exact) mass is 432 g/mol. The Morgan fingerprint density at radius 3 is 1.59 bits per heavy atom. The van der Waals surface area contributed by atoms with Gasteiger partial charge in [-0.15, -0.1) is 0 Å². The van der Waals surface area contributed by atoms with Crippen LogP contribution in [0.15, 0.2) is 91.0 Å². The van der Waals surface area contributed by atoms with Gasteiger partial charge in [0.05, 0.1) is 26.4 Å². The average molecular weight is 433 g/mol. The van der Waals surface area contributed by atoms with E-state index in [0.717, 1.165) is 23.0 Å². The summed E-state index contributed by atoms with van der Waals surface area (Å²) in [4.78, 5) is 12.1. The summed E-state index contributed by atoms with van der Waals surface area (Å²) >= 11 is 0. The molecule has 0 spiro atoms. The van der Waals surface area contributed by atoms with E-state index in [0.29, 0.717) is 26.4 Å². The molecule has 0 amide bonds. The molecule has 0 bridgehead atoms. The van der Waals surface area contributed by atoms with E-state index in [9.17, 15) is 4.79 Å². The summed E-state index contributed by atoms with van der Waals surface area (Å²) in [6.45, 7) is 1.64. The zero-order valence-corrected chi connectivity index (χ0v) is 17.9. The molecule has 166 valence electrons. The smallest absolute Gasteiger partial charge is 0.151 e. The zero-order valence-electron chi connectivity index (χ0n) is 17.9. The second kappa shape index (κ2) is 11.7. The minimum atomic E-state index is -0.788. The van der Waals surface area contributed by atoms with Gasteiger partial charge in [0.2, 0.25) is 0 Å². The van der Waals surface area contributed by atoms with Crippen LogP contribution in [-0.4, -0.2) is 37.3 Å². The molecule has 1 aliphatic rings. The highest BCUT2D eigenvalue weighted by Crippen LogP contribution is 2.26. The second-order valence-corrected chi connectivity index (χ2v) is 7.79. The van der Waals surface area contributed by atoms with E-state index in [2.05, 4.69) is 0 Å². The van der Waals surface area contributed by atoms with Crippen molar-refractivity contribution in [3.63, 3.8) is 0 Å². The van der Waals surface area contributed by atoms with Gasteiger partial charge in [-0.1, -0.05) is 91.0 Å². The van der Waals surface area contributed by atoms with Gasteiger partial charge in [0.25, 0.3) is 0 Å². The number of rotatable bonds is 13. The number of aldehydes is 1. The molecule has 5 nitrogen and oxygen atoms in total. The van der Waals surface area contributed by atoms with Crippen LogP contribution in [0.4, 0.5) is 0 Å². The van der Waals surface area contributed by atoms with E-state index >= 15 is 0 Å². The van der Waals surface area contributed by atoms with E-state index in [1.807, 2.05) is 91.0 Å². The van der Waals surface area contributed by atoms with E-state index in [-0.39, 0.29) is 6.10 Å². The Kier molecular flexibility index (Phi) is 8.17. The molecule has 1 saturated heterocycles. The van der Waals surface area contributed by atoms with Crippen LogP contribution in [0, 0.1) is 0 Å². The van der Waals surface area contributed by atoms with Crippen molar-refractivity contribution in [2.45, 2.75) is 44.2 Å². The van der Waals surface area contributed by atoms with Gasteiger partial charge in [-0.3, -0.25) is 0 Å². The third-order valence-electron chi connectivity index (χ3n) is 5.36. The van der Waals surface area contributed by atoms with Crippen LogP contribution in [0.2, 0.25) is 0 Å². The molecule has 0 saturated carbocycles. The largest absolute Gasteiger partial charge is 0.370 e. The molecule has 5 heteroatoms. The molecule has 3 aromatic rings. The molecule has 1 heterocycles. The Hall–Kier alpha value is -2.83. The van der Waals surface area contributed by atoms with Crippen molar-refractivity contribution in [3.05, 3.63) is 108 Å². The molecule has 1 aliphatic heterocycles. The summed E-state index contributed by atoms with van der Waals surface area (Å²) in [5.41, 5.74) is 3.06. The first-order valence-corrected chi connectivity index (χ1v) is 10.9. The standard InChI is InChI=1S/C27H28O5/c28-16-24(29-17-21-10-4-1-5-11-21)26(31-18-22-12-6-2-7-13-22)27(25-20-30-25)32-19-23-14-8-3-9-15-23/h1-16,24-27H,17-20H2/t24-,25+,26+,27+/m0/s1. The van der Waals surface area contributed by atoms with Gasteiger partial charge < -0.3 is 23.7 Å². The number of epoxide rings is 1. The number of hydrogen-bond acceptors (Lipinski definition) is 5. The Morgan fingerprint density at radius 1 is 0.719 bits per heavy atom. The highest BCUT2D eigenvalue weighted by molar-refractivity contribution is 5.57. The first kappa shape index (κ1) is 22.4. The van der Waals surface area contributed by atoms with Crippen molar-refractivity contribution in [1.82, 2.24) is 0 Å². The summed E-state index contributed by atoms with van der Waals surface area (Å²) < 4.78 is 24.1. The van der Waals surface area contributed by atoms with Crippen LogP contribution in [0.5, 0.6) is 0 Å². The molecule has 0 radical (unpaired) electrons. The quantitative estimate of drug-likeness (QED) is 0.297. The zero-order chi connectivity index (χ0) is 22.0. The van der Waals surface area contributed by atoms with Crippen molar-refractivity contribution in [3.8, 4) is 0 Å². The van der Waals surface area contributed by atoms with Crippen LogP contribution < -0.4 is 0 Å². The molecule has 4 atom stereocenters.